The van der Waals surface area contributed by atoms with Crippen LogP contribution in [0.3, 0.4) is 0 Å². The topological polar surface area (TPSA) is 3.24 Å². The average Bonchev–Trinajstić information content (AvgIpc) is 0.811. The molecule has 0 N–H and O–H groups in total. The first-order valence-electron chi connectivity index (χ1n) is 1.34. The van der Waals surface area contributed by atoms with Crippen molar-refractivity contribution in [3.63, 3.8) is 0 Å². The van der Waals surface area contributed by atoms with E-state index < -0.39 is 0 Å². The minimum absolute atomic E-state index is 0. The molecule has 0 spiro atoms. The van der Waals surface area contributed by atoms with Crippen LogP contribution in [0.15, 0.2) is 0 Å². The maximum absolute atomic E-state index is 2.00. The van der Waals surface area contributed by atoms with Gasteiger partial charge >= 0.3 is 25.8 Å². The Morgan fingerprint density at radius 3 is 1.00 bits per heavy atom. The molecule has 26 valence electrons. The number of rotatable bonds is 0. The number of hydrogen-bond donors (Lipinski definition) is 0. The van der Waals surface area contributed by atoms with Crippen LogP contribution in [0.2, 0.25) is 0 Å². The fourth-order valence-corrected chi connectivity index (χ4v) is 0. The maximum atomic E-state index is 2.00. The molecule has 0 saturated carbocycles. The van der Waals surface area contributed by atoms with E-state index in [1.54, 1.807) is 0 Å². The van der Waals surface area contributed by atoms with E-state index in [2.05, 4.69) is 0 Å². The third kappa shape index (κ3) is 56.1. The monoisotopic (exact) mass is 239 g/mol. The first kappa shape index (κ1) is 9.27. The summed E-state index contributed by atoms with van der Waals surface area (Å²) in [5, 5.41) is 0. The Kier molecular flexibility index (Phi) is 8.96. The Morgan fingerprint density at radius 1 is 1.00 bits per heavy atom. The molecule has 0 rings (SSSR count). The van der Waals surface area contributed by atoms with Gasteiger partial charge in [-0.3, -0.25) is 0 Å². The Morgan fingerprint density at radius 2 is 1.00 bits per heavy atom. The van der Waals surface area contributed by atoms with Crippen molar-refractivity contribution in [2.24, 2.45) is 0 Å². The normalized spacial score (nSPS) is 7.20. The summed E-state index contributed by atoms with van der Waals surface area (Å²) in [6.07, 6.45) is 0. The summed E-state index contributed by atoms with van der Waals surface area (Å²) in [6.45, 7) is 0. The van der Waals surface area contributed by atoms with Gasteiger partial charge in [-0.25, -0.2) is 0 Å². The van der Waals surface area contributed by atoms with E-state index in [9.17, 15) is 0 Å². The summed E-state index contributed by atoms with van der Waals surface area (Å²) < 4.78 is 0. The van der Waals surface area contributed by atoms with Gasteiger partial charge in [0.15, 0.2) is 0 Å². The second-order valence-electron chi connectivity index (χ2n) is 1.34. The van der Waals surface area contributed by atoms with Gasteiger partial charge in [-0.1, -0.05) is 0 Å². The zero-order valence-corrected chi connectivity index (χ0v) is 7.54. The Hall–Kier alpha value is 0.830. The fourth-order valence-electron chi connectivity index (χ4n) is 0. The van der Waals surface area contributed by atoms with Crippen LogP contribution in [-0.4, -0.2) is 26.0 Å². The fraction of sp³-hybridized carbons (Fsp3) is 1.00. The average molecular weight is 238 g/mol. The van der Waals surface area contributed by atoms with Crippen molar-refractivity contribution in [2.75, 3.05) is 21.1 Å². The van der Waals surface area contributed by atoms with Crippen molar-refractivity contribution in [3.8, 4) is 0 Å². The van der Waals surface area contributed by atoms with E-state index in [0.29, 0.717) is 0 Å². The molecule has 0 fully saturated rings. The molecule has 0 aliphatic rings. The van der Waals surface area contributed by atoms with E-state index in [4.69, 9.17) is 0 Å². The number of hydrogen-bond acceptors (Lipinski definition) is 1. The quantitative estimate of drug-likeness (QED) is 0.543. The van der Waals surface area contributed by atoms with Crippen LogP contribution < -0.4 is 0 Å². The van der Waals surface area contributed by atoms with Gasteiger partial charge in [-0.2, -0.15) is 0 Å². The predicted octanol–water partition coefficient (Wildman–Crippen LogP) is 0.175. The van der Waals surface area contributed by atoms with Crippen molar-refractivity contribution in [3.05, 3.63) is 0 Å². The summed E-state index contributed by atoms with van der Waals surface area (Å²) in [5.74, 6) is 0. The molecule has 0 heterocycles. The van der Waals surface area contributed by atoms with Crippen molar-refractivity contribution < 1.29 is 25.8 Å². The summed E-state index contributed by atoms with van der Waals surface area (Å²) in [6, 6.07) is 0. The largest absolute Gasteiger partial charge is 4.00 e. The molecule has 0 aromatic heterocycles. The van der Waals surface area contributed by atoms with Gasteiger partial charge in [0.25, 0.3) is 0 Å². The van der Waals surface area contributed by atoms with Crippen LogP contribution in [0.25, 0.3) is 0 Å². The summed E-state index contributed by atoms with van der Waals surface area (Å²) in [4.78, 5) is 2.00. The molecule has 2 heteroatoms. The van der Waals surface area contributed by atoms with E-state index in [1.165, 1.54) is 0 Å². The summed E-state index contributed by atoms with van der Waals surface area (Å²) >= 11 is 0. The zero-order chi connectivity index (χ0) is 3.58. The Bertz CT molecular complexity index is 11.6. The molecule has 0 bridgehead atoms. The van der Waals surface area contributed by atoms with Crippen molar-refractivity contribution >= 4 is 0 Å². The third-order valence-corrected chi connectivity index (χ3v) is 0. The smallest absolute Gasteiger partial charge is 0.312 e. The zero-order valence-electron chi connectivity index (χ0n) is 3.95. The SMILES string of the molecule is CN(C)C.[Hf+4]. The van der Waals surface area contributed by atoms with Crippen LogP contribution >= 0.6 is 0 Å². The van der Waals surface area contributed by atoms with Crippen LogP contribution in [0.1, 0.15) is 0 Å². The minimum atomic E-state index is 0. The molecule has 5 heavy (non-hydrogen) atoms. The van der Waals surface area contributed by atoms with Crippen LogP contribution in [0.5, 0.6) is 0 Å². The second kappa shape index (κ2) is 4.83. The molecular formula is C3H9HfN+4. The van der Waals surface area contributed by atoms with Crippen LogP contribution in [0.4, 0.5) is 0 Å². The van der Waals surface area contributed by atoms with Gasteiger partial charge < -0.3 is 4.90 Å². The van der Waals surface area contributed by atoms with E-state index in [0.717, 1.165) is 0 Å². The minimum Gasteiger partial charge on any atom is -0.312 e. The molecule has 0 amide bonds. The predicted molar refractivity (Wildman–Crippen MR) is 19.6 cm³/mol. The molecule has 0 aliphatic carbocycles. The van der Waals surface area contributed by atoms with E-state index >= 15 is 0 Å². The van der Waals surface area contributed by atoms with Gasteiger partial charge in [-0.15, -0.1) is 0 Å². The maximum Gasteiger partial charge on any atom is 4.00 e. The molecule has 0 aromatic rings. The summed E-state index contributed by atoms with van der Waals surface area (Å²) in [5.41, 5.74) is 0. The summed E-state index contributed by atoms with van der Waals surface area (Å²) in [7, 11) is 6.00. The standard InChI is InChI=1S/C3H9N.Hf/c1-4(2)3;/h1-3H3;/q;+4. The van der Waals surface area contributed by atoms with Gasteiger partial charge in [-0.05, 0) is 21.1 Å². The van der Waals surface area contributed by atoms with E-state index in [1.807, 2.05) is 26.0 Å². The first-order valence-corrected chi connectivity index (χ1v) is 1.34. The van der Waals surface area contributed by atoms with Crippen molar-refractivity contribution in [1.82, 2.24) is 4.90 Å². The molecule has 0 atom stereocenters. The third-order valence-electron chi connectivity index (χ3n) is 0. The Labute approximate surface area is 52.1 Å². The van der Waals surface area contributed by atoms with Crippen molar-refractivity contribution in [2.45, 2.75) is 0 Å². The Balaban J connectivity index is 0. The first-order chi connectivity index (χ1) is 1.73. The molecule has 0 radical (unpaired) electrons. The van der Waals surface area contributed by atoms with Gasteiger partial charge in [0, 0.05) is 0 Å². The van der Waals surface area contributed by atoms with Gasteiger partial charge in [0.05, 0.1) is 0 Å². The van der Waals surface area contributed by atoms with Gasteiger partial charge in [0.2, 0.25) is 0 Å². The molecule has 0 aromatic carbocycles. The molecule has 0 saturated heterocycles. The number of nitrogens with zero attached hydrogens (tertiary/aromatic N) is 1. The second-order valence-corrected chi connectivity index (χ2v) is 1.34. The molecule has 1 nitrogen and oxygen atoms in total. The molecule has 0 aliphatic heterocycles. The van der Waals surface area contributed by atoms with Crippen LogP contribution in [-0.2, 0) is 25.8 Å². The van der Waals surface area contributed by atoms with Crippen molar-refractivity contribution in [1.29, 1.82) is 0 Å². The van der Waals surface area contributed by atoms with Crippen LogP contribution in [0, 0.1) is 0 Å². The molecule has 0 unspecified atom stereocenters. The van der Waals surface area contributed by atoms with Gasteiger partial charge in [0.1, 0.15) is 0 Å². The van der Waals surface area contributed by atoms with E-state index in [-0.39, 0.29) is 25.8 Å². The molecular weight excluding hydrogens is 229 g/mol.